The topological polar surface area (TPSA) is 132 Å². The maximum absolute atomic E-state index is 15.9. The number of nitrogens with one attached hydrogen (secondary N) is 4. The Bertz CT molecular complexity index is 1440. The van der Waals surface area contributed by atoms with E-state index in [0.29, 0.717) is 22.6 Å². The predicted octanol–water partition coefficient (Wildman–Crippen LogP) is 3.77. The van der Waals surface area contributed by atoms with E-state index in [2.05, 4.69) is 21.3 Å². The highest BCUT2D eigenvalue weighted by Gasteiger charge is 2.66. The highest BCUT2D eigenvalue weighted by Crippen LogP contribution is 2.60. The van der Waals surface area contributed by atoms with Crippen molar-refractivity contribution in [3.05, 3.63) is 53.6 Å². The zero-order valence-corrected chi connectivity index (χ0v) is 27.2. The van der Waals surface area contributed by atoms with Crippen LogP contribution in [-0.2, 0) is 31.3 Å². The van der Waals surface area contributed by atoms with E-state index in [4.69, 9.17) is 4.74 Å². The molecule has 242 valence electrons. The van der Waals surface area contributed by atoms with E-state index in [1.165, 1.54) is 0 Å². The summed E-state index contributed by atoms with van der Waals surface area (Å²) < 4.78 is 22.6. The quantitative estimate of drug-likeness (QED) is 0.209. The van der Waals surface area contributed by atoms with Crippen LogP contribution in [0.4, 0.5) is 21.2 Å². The third-order valence-electron chi connectivity index (χ3n) is 9.96. The molecule has 3 fully saturated rings. The maximum atomic E-state index is 15.9. The molecule has 3 amide bonds. The molecule has 3 saturated heterocycles. The van der Waals surface area contributed by atoms with Crippen molar-refractivity contribution >= 4 is 43.2 Å². The van der Waals surface area contributed by atoms with Crippen molar-refractivity contribution in [3.63, 3.8) is 0 Å². The number of anilines is 3. The van der Waals surface area contributed by atoms with Crippen molar-refractivity contribution in [1.82, 2.24) is 10.6 Å². The Morgan fingerprint density at radius 2 is 1.62 bits per heavy atom. The lowest BCUT2D eigenvalue weighted by atomic mass is 9.82. The lowest BCUT2D eigenvalue weighted by Crippen LogP contribution is -2.45. The normalized spacial score (nSPS) is 29.4. The number of aliphatic hydroxyl groups excluding tert-OH is 1. The van der Waals surface area contributed by atoms with E-state index in [1.807, 2.05) is 37.3 Å². The minimum Gasteiger partial charge on any atom is -0.396 e. The molecule has 5 N–H and O–H groups in total. The van der Waals surface area contributed by atoms with Crippen LogP contribution in [0.15, 0.2) is 42.5 Å². The lowest BCUT2D eigenvalue weighted by molar-refractivity contribution is -0.146. The van der Waals surface area contributed by atoms with Crippen LogP contribution in [-0.4, -0.2) is 69.1 Å². The largest absolute Gasteiger partial charge is 0.396 e. The van der Waals surface area contributed by atoms with Crippen LogP contribution in [0.5, 0.6) is 0 Å². The second-order valence-corrected chi connectivity index (χ2v) is 17.2. The average Bonchev–Trinajstić information content (AvgIpc) is 3.80. The second-order valence-electron chi connectivity index (χ2n) is 13.4. The molecular weight excluding hydrogens is 593 g/mol. The zero-order chi connectivity index (χ0) is 31.9. The number of hydrogen-bond donors (Lipinski definition) is 5. The minimum atomic E-state index is -3.34. The van der Waals surface area contributed by atoms with E-state index in [-0.39, 0.29) is 49.4 Å². The molecule has 10 nitrogen and oxygen atoms in total. The number of rotatable bonds is 9. The van der Waals surface area contributed by atoms with Crippen LogP contribution in [0.2, 0.25) is 18.6 Å². The first-order chi connectivity index (χ1) is 21.5. The molecule has 6 rings (SSSR count). The van der Waals surface area contributed by atoms with E-state index >= 15 is 4.11 Å². The number of hydrogen-bond acceptors (Lipinski definition) is 7. The van der Waals surface area contributed by atoms with E-state index in [9.17, 15) is 19.5 Å². The van der Waals surface area contributed by atoms with Crippen molar-refractivity contribution < 1.29 is 28.3 Å². The molecule has 0 saturated carbocycles. The maximum Gasteiger partial charge on any atom is 0.264 e. The summed E-state index contributed by atoms with van der Waals surface area (Å²) in [6.07, 6.45) is 3.09. The molecule has 2 aromatic carbocycles. The molecule has 0 bridgehead atoms. The fourth-order valence-electron chi connectivity index (χ4n) is 7.83. The molecule has 45 heavy (non-hydrogen) atoms. The Hall–Kier alpha value is -3.16. The van der Waals surface area contributed by atoms with Gasteiger partial charge in [0.15, 0.2) is 5.60 Å². The summed E-state index contributed by atoms with van der Waals surface area (Å²) in [5, 5.41) is 22.2. The molecule has 2 aromatic rings. The SMILES string of the molecule is C[C@H]1[C@H]([Si](C)(C)F)[C@@H](CCO)O[C@]12C(=O)N(Cc1ccc(NC(=O)[C@H]3CCCN3)cc1)c1ccc(NC(=O)[C@H]3CCCN3)cc12. The molecule has 0 unspecified atom stereocenters. The number of aliphatic hydroxyl groups is 1. The van der Waals surface area contributed by atoms with Crippen molar-refractivity contribution in [2.24, 2.45) is 5.92 Å². The number of benzene rings is 2. The minimum absolute atomic E-state index is 0.0591. The Morgan fingerprint density at radius 3 is 2.18 bits per heavy atom. The van der Waals surface area contributed by atoms with Crippen LogP contribution < -0.4 is 26.2 Å². The van der Waals surface area contributed by atoms with Gasteiger partial charge in [-0.25, -0.2) is 0 Å². The first-order valence-electron chi connectivity index (χ1n) is 16.1. The van der Waals surface area contributed by atoms with Gasteiger partial charge in [-0.1, -0.05) is 19.1 Å². The van der Waals surface area contributed by atoms with Crippen molar-refractivity contribution in [2.75, 3.05) is 35.2 Å². The van der Waals surface area contributed by atoms with Gasteiger partial charge >= 0.3 is 0 Å². The van der Waals surface area contributed by atoms with Gasteiger partial charge in [0.1, 0.15) is 0 Å². The van der Waals surface area contributed by atoms with E-state index in [1.54, 1.807) is 30.1 Å². The second kappa shape index (κ2) is 12.6. The fraction of sp³-hybridized carbons (Fsp3) is 0.545. The van der Waals surface area contributed by atoms with Crippen molar-refractivity contribution in [1.29, 1.82) is 0 Å². The first-order valence-corrected chi connectivity index (χ1v) is 19.1. The summed E-state index contributed by atoms with van der Waals surface area (Å²) in [5.74, 6) is -0.969. The molecule has 0 aromatic heterocycles. The monoisotopic (exact) mass is 637 g/mol. The number of carbonyl (C=O) groups excluding carboxylic acids is 3. The molecule has 12 heteroatoms. The Labute approximate surface area is 264 Å². The fourth-order valence-corrected chi connectivity index (χ4v) is 10.4. The van der Waals surface area contributed by atoms with Crippen LogP contribution in [0, 0.1) is 5.92 Å². The van der Waals surface area contributed by atoms with Gasteiger partial charge < -0.3 is 40.1 Å². The molecule has 1 spiro atoms. The molecule has 0 aliphatic carbocycles. The zero-order valence-electron chi connectivity index (χ0n) is 26.2. The third-order valence-corrected chi connectivity index (χ3v) is 12.4. The average molecular weight is 638 g/mol. The Morgan fingerprint density at radius 1 is 1.02 bits per heavy atom. The van der Waals surface area contributed by atoms with Gasteiger partial charge in [-0.3, -0.25) is 14.4 Å². The molecule has 0 radical (unpaired) electrons. The van der Waals surface area contributed by atoms with Crippen LogP contribution in [0.3, 0.4) is 0 Å². The standard InChI is InChI=1S/C33H44FN5O5Si/c1-20-29(45(2,3)34)28(14-17-40)44-33(20)24-18-23(38-31(42)26-7-5-16-36-26)12-13-27(24)39(32(33)43)19-21-8-10-22(11-9-21)37-30(41)25-6-4-15-35-25/h8-13,18,20,25-26,28-29,35-36,40H,4-7,14-17,19H2,1-3H3,(H,37,41)(H,38,42)/t20-,25+,26+,28+,29-,33+/m0/s1. The van der Waals surface area contributed by atoms with Crippen LogP contribution in [0.1, 0.15) is 50.2 Å². The summed E-state index contributed by atoms with van der Waals surface area (Å²) in [6.45, 7) is 6.84. The molecule has 6 atom stereocenters. The number of nitrogens with zero attached hydrogens (tertiary/aromatic N) is 1. The van der Waals surface area contributed by atoms with Gasteiger partial charge in [0.25, 0.3) is 5.91 Å². The number of ether oxygens (including phenoxy) is 1. The Balaban J connectivity index is 1.31. The summed E-state index contributed by atoms with van der Waals surface area (Å²) in [4.78, 5) is 41.8. The summed E-state index contributed by atoms with van der Waals surface area (Å²) >= 11 is 0. The van der Waals surface area contributed by atoms with Gasteiger partial charge in [-0.05, 0) is 94.2 Å². The summed E-state index contributed by atoms with van der Waals surface area (Å²) in [6, 6.07) is 12.4. The molecular formula is C33H44FN5O5Si. The number of halogens is 1. The van der Waals surface area contributed by atoms with Gasteiger partial charge in [0.2, 0.25) is 20.2 Å². The van der Waals surface area contributed by atoms with E-state index in [0.717, 1.165) is 44.3 Å². The smallest absolute Gasteiger partial charge is 0.264 e. The van der Waals surface area contributed by atoms with Crippen LogP contribution >= 0.6 is 0 Å². The van der Waals surface area contributed by atoms with Crippen LogP contribution in [0.25, 0.3) is 0 Å². The van der Waals surface area contributed by atoms with Gasteiger partial charge in [0.05, 0.1) is 30.4 Å². The Kier molecular flexibility index (Phi) is 8.88. The number of fused-ring (bicyclic) bond motifs is 2. The van der Waals surface area contributed by atoms with Gasteiger partial charge in [0, 0.05) is 35.0 Å². The first kappa shape index (κ1) is 31.8. The van der Waals surface area contributed by atoms with Gasteiger partial charge in [-0.2, -0.15) is 0 Å². The number of amides is 3. The van der Waals surface area contributed by atoms with Crippen molar-refractivity contribution in [3.8, 4) is 0 Å². The number of carbonyl (C=O) groups is 3. The predicted molar refractivity (Wildman–Crippen MR) is 173 cm³/mol. The highest BCUT2D eigenvalue weighted by molar-refractivity contribution is 6.72. The third kappa shape index (κ3) is 5.94. The van der Waals surface area contributed by atoms with Gasteiger partial charge in [-0.15, -0.1) is 0 Å². The molecule has 4 aliphatic rings. The summed E-state index contributed by atoms with van der Waals surface area (Å²) in [5.41, 5.74) is 1.36. The summed E-state index contributed by atoms with van der Waals surface area (Å²) in [7, 11) is -3.34. The molecule has 4 aliphatic heterocycles. The highest BCUT2D eigenvalue weighted by atomic mass is 28.4. The lowest BCUT2D eigenvalue weighted by Gasteiger charge is -2.31. The van der Waals surface area contributed by atoms with Crippen molar-refractivity contribution in [2.45, 2.75) is 88.0 Å². The van der Waals surface area contributed by atoms with E-state index < -0.39 is 31.6 Å². The molecule has 4 heterocycles.